The molecule has 1 aromatic heterocycles. The Morgan fingerprint density at radius 1 is 1.19 bits per heavy atom. The Labute approximate surface area is 157 Å². The van der Waals surface area contributed by atoms with Crippen molar-refractivity contribution in [2.45, 2.75) is 17.7 Å². The summed E-state index contributed by atoms with van der Waals surface area (Å²) in [6, 6.07) is 6.66. The minimum absolute atomic E-state index is 0.135. The number of anilines is 1. The molecule has 1 saturated heterocycles. The average Bonchev–Trinajstić information content (AvgIpc) is 3.21. The lowest BCUT2D eigenvalue weighted by Crippen LogP contribution is -2.48. The first-order valence-corrected chi connectivity index (χ1v) is 10.8. The molecular formula is C17H22N4O3S2. The predicted molar refractivity (Wildman–Crippen MR) is 102 cm³/mol. The van der Waals surface area contributed by atoms with E-state index in [0.29, 0.717) is 25.9 Å². The first-order chi connectivity index (χ1) is 12.5. The molecule has 1 aliphatic heterocycles. The van der Waals surface area contributed by atoms with Gasteiger partial charge in [0.1, 0.15) is 0 Å². The van der Waals surface area contributed by atoms with E-state index in [-0.39, 0.29) is 10.8 Å². The summed E-state index contributed by atoms with van der Waals surface area (Å²) in [4.78, 5) is 21.1. The highest BCUT2D eigenvalue weighted by molar-refractivity contribution is 7.89. The van der Waals surface area contributed by atoms with Crippen LogP contribution in [0.5, 0.6) is 0 Å². The summed E-state index contributed by atoms with van der Waals surface area (Å²) in [5.74, 6) is 0.135. The Morgan fingerprint density at radius 2 is 1.88 bits per heavy atom. The van der Waals surface area contributed by atoms with Crippen LogP contribution < -0.4 is 9.62 Å². The Bertz CT molecular complexity index is 827. The molecule has 3 rings (SSSR count). The zero-order valence-corrected chi connectivity index (χ0v) is 16.2. The number of benzene rings is 1. The van der Waals surface area contributed by atoms with Crippen LogP contribution in [-0.2, 0) is 21.2 Å². The quantitative estimate of drug-likeness (QED) is 0.799. The monoisotopic (exact) mass is 394 g/mol. The first-order valence-electron chi connectivity index (χ1n) is 8.44. The standard InChI is InChI=1S/C17H22N4O3S2/c1-18-26(23,24)15-5-2-14(3-6-15)4-7-16(22)20-9-11-21(12-10-20)17-19-8-13-25-17/h2-3,5-6,8,13,18H,4,7,9-12H2,1H3. The topological polar surface area (TPSA) is 82.6 Å². The van der Waals surface area contributed by atoms with Crippen molar-refractivity contribution in [3.05, 3.63) is 41.4 Å². The zero-order chi connectivity index (χ0) is 18.6. The van der Waals surface area contributed by atoms with Gasteiger partial charge in [-0.05, 0) is 31.2 Å². The van der Waals surface area contributed by atoms with Crippen molar-refractivity contribution in [1.29, 1.82) is 0 Å². The second-order valence-electron chi connectivity index (χ2n) is 6.03. The molecule has 2 heterocycles. The maximum Gasteiger partial charge on any atom is 0.240 e. The fourth-order valence-corrected chi connectivity index (χ4v) is 4.31. The smallest absolute Gasteiger partial charge is 0.240 e. The molecule has 0 spiro atoms. The fourth-order valence-electron chi connectivity index (χ4n) is 2.88. The average molecular weight is 395 g/mol. The summed E-state index contributed by atoms with van der Waals surface area (Å²) in [5, 5.41) is 2.97. The van der Waals surface area contributed by atoms with E-state index < -0.39 is 10.0 Å². The van der Waals surface area contributed by atoms with Gasteiger partial charge in [0.2, 0.25) is 15.9 Å². The molecule has 0 saturated carbocycles. The maximum absolute atomic E-state index is 12.4. The van der Waals surface area contributed by atoms with Gasteiger partial charge in [-0.3, -0.25) is 4.79 Å². The summed E-state index contributed by atoms with van der Waals surface area (Å²) in [6.07, 6.45) is 2.82. The lowest BCUT2D eigenvalue weighted by atomic mass is 10.1. The molecule has 0 bridgehead atoms. The molecule has 1 N–H and O–H groups in total. The normalized spacial score (nSPS) is 15.3. The molecule has 140 valence electrons. The highest BCUT2D eigenvalue weighted by Gasteiger charge is 2.22. The molecule has 7 nitrogen and oxygen atoms in total. The molecule has 26 heavy (non-hydrogen) atoms. The van der Waals surface area contributed by atoms with Gasteiger partial charge in [-0.2, -0.15) is 0 Å². The molecule has 1 fully saturated rings. The molecule has 0 aliphatic carbocycles. The molecule has 2 aromatic rings. The Kier molecular flexibility index (Phi) is 5.90. The molecule has 1 aliphatic rings. The number of nitrogens with zero attached hydrogens (tertiary/aromatic N) is 3. The summed E-state index contributed by atoms with van der Waals surface area (Å²) in [5.41, 5.74) is 0.954. The summed E-state index contributed by atoms with van der Waals surface area (Å²) in [6.45, 7) is 3.02. The second kappa shape index (κ2) is 8.15. The van der Waals surface area contributed by atoms with Gasteiger partial charge >= 0.3 is 0 Å². The van der Waals surface area contributed by atoms with Crippen molar-refractivity contribution in [3.8, 4) is 0 Å². The summed E-state index contributed by atoms with van der Waals surface area (Å²) in [7, 11) is -2.04. The highest BCUT2D eigenvalue weighted by Crippen LogP contribution is 2.19. The number of thiazole rings is 1. The number of carbonyl (C=O) groups is 1. The predicted octanol–water partition coefficient (Wildman–Crippen LogP) is 1.33. The van der Waals surface area contributed by atoms with Gasteiger partial charge in [-0.25, -0.2) is 18.1 Å². The Balaban J connectivity index is 1.49. The van der Waals surface area contributed by atoms with E-state index in [1.165, 1.54) is 7.05 Å². The molecule has 0 atom stereocenters. The van der Waals surface area contributed by atoms with Crippen LogP contribution in [0.4, 0.5) is 5.13 Å². The van der Waals surface area contributed by atoms with Crippen molar-refractivity contribution in [1.82, 2.24) is 14.6 Å². The Morgan fingerprint density at radius 3 is 2.46 bits per heavy atom. The Hall–Kier alpha value is -1.97. The minimum atomic E-state index is -3.42. The van der Waals surface area contributed by atoms with Crippen LogP contribution in [0.15, 0.2) is 40.7 Å². The van der Waals surface area contributed by atoms with Crippen molar-refractivity contribution in [2.24, 2.45) is 0 Å². The van der Waals surface area contributed by atoms with Crippen molar-refractivity contribution in [2.75, 3.05) is 38.1 Å². The van der Waals surface area contributed by atoms with Crippen molar-refractivity contribution >= 4 is 32.4 Å². The number of piperazine rings is 1. The maximum atomic E-state index is 12.4. The highest BCUT2D eigenvalue weighted by atomic mass is 32.2. The number of nitrogens with one attached hydrogen (secondary N) is 1. The number of hydrogen-bond donors (Lipinski definition) is 1. The number of carbonyl (C=O) groups excluding carboxylic acids is 1. The molecular weight excluding hydrogens is 372 g/mol. The third-order valence-corrected chi connectivity index (χ3v) is 6.71. The lowest BCUT2D eigenvalue weighted by Gasteiger charge is -2.34. The van der Waals surface area contributed by atoms with E-state index >= 15 is 0 Å². The number of hydrogen-bond acceptors (Lipinski definition) is 6. The van der Waals surface area contributed by atoms with E-state index in [1.54, 1.807) is 41.8 Å². The van der Waals surface area contributed by atoms with Gasteiger partial charge in [0, 0.05) is 44.2 Å². The number of aromatic nitrogens is 1. The van der Waals surface area contributed by atoms with Gasteiger partial charge in [0.15, 0.2) is 5.13 Å². The van der Waals surface area contributed by atoms with Crippen LogP contribution in [0, 0.1) is 0 Å². The fraction of sp³-hybridized carbons (Fsp3) is 0.412. The van der Waals surface area contributed by atoms with Gasteiger partial charge in [-0.15, -0.1) is 11.3 Å². The van der Waals surface area contributed by atoms with Crippen LogP contribution >= 0.6 is 11.3 Å². The van der Waals surface area contributed by atoms with Gasteiger partial charge in [-0.1, -0.05) is 12.1 Å². The number of rotatable bonds is 6. The lowest BCUT2D eigenvalue weighted by molar-refractivity contribution is -0.131. The molecule has 9 heteroatoms. The molecule has 0 radical (unpaired) electrons. The van der Waals surface area contributed by atoms with E-state index in [0.717, 1.165) is 23.8 Å². The third kappa shape index (κ3) is 4.40. The molecule has 1 amide bonds. The largest absolute Gasteiger partial charge is 0.345 e. The summed E-state index contributed by atoms with van der Waals surface area (Å²) < 4.78 is 25.7. The number of aryl methyl sites for hydroxylation is 1. The SMILES string of the molecule is CNS(=O)(=O)c1ccc(CCC(=O)N2CCN(c3nccs3)CC2)cc1. The number of amides is 1. The van der Waals surface area contributed by atoms with Crippen LogP contribution in [0.2, 0.25) is 0 Å². The van der Waals surface area contributed by atoms with Crippen molar-refractivity contribution in [3.63, 3.8) is 0 Å². The van der Waals surface area contributed by atoms with E-state index in [9.17, 15) is 13.2 Å². The number of sulfonamides is 1. The van der Waals surface area contributed by atoms with Gasteiger partial charge in [0.25, 0.3) is 0 Å². The van der Waals surface area contributed by atoms with Crippen molar-refractivity contribution < 1.29 is 13.2 Å². The first kappa shape index (κ1) is 18.8. The second-order valence-corrected chi connectivity index (χ2v) is 8.79. The van der Waals surface area contributed by atoms with E-state index in [4.69, 9.17) is 0 Å². The van der Waals surface area contributed by atoms with Gasteiger partial charge in [0.05, 0.1) is 4.90 Å². The van der Waals surface area contributed by atoms with Crippen LogP contribution in [0.3, 0.4) is 0 Å². The molecule has 1 aromatic carbocycles. The van der Waals surface area contributed by atoms with Gasteiger partial charge < -0.3 is 9.80 Å². The van der Waals surface area contributed by atoms with Crippen LogP contribution in [-0.4, -0.2) is 57.4 Å². The van der Waals surface area contributed by atoms with E-state index in [2.05, 4.69) is 14.6 Å². The zero-order valence-electron chi connectivity index (χ0n) is 14.6. The van der Waals surface area contributed by atoms with Crippen LogP contribution in [0.1, 0.15) is 12.0 Å². The van der Waals surface area contributed by atoms with Crippen LogP contribution in [0.25, 0.3) is 0 Å². The minimum Gasteiger partial charge on any atom is -0.345 e. The van der Waals surface area contributed by atoms with E-state index in [1.807, 2.05) is 10.3 Å². The third-order valence-electron chi connectivity index (χ3n) is 4.45. The molecule has 0 unspecified atom stereocenters. The summed E-state index contributed by atoms with van der Waals surface area (Å²) >= 11 is 1.62.